The van der Waals surface area contributed by atoms with Gasteiger partial charge in [-0.3, -0.25) is 14.9 Å². The SMILES string of the molecule is COc1ccc(C(=O)NC(=O)c2cc(C)nc([N+](=O)[O-])c2)cc1. The van der Waals surface area contributed by atoms with Gasteiger partial charge in [0.05, 0.1) is 12.7 Å². The second-order valence-electron chi connectivity index (χ2n) is 4.62. The highest BCUT2D eigenvalue weighted by molar-refractivity contribution is 6.10. The number of nitrogens with zero attached hydrogens (tertiary/aromatic N) is 2. The molecular weight excluding hydrogens is 302 g/mol. The van der Waals surface area contributed by atoms with E-state index in [0.29, 0.717) is 11.4 Å². The van der Waals surface area contributed by atoms with Crippen molar-refractivity contribution in [3.63, 3.8) is 0 Å². The summed E-state index contributed by atoms with van der Waals surface area (Å²) in [6.07, 6.45) is 0. The Kier molecular flexibility index (Phi) is 4.65. The zero-order chi connectivity index (χ0) is 17.0. The number of carbonyl (C=O) groups excluding carboxylic acids is 2. The lowest BCUT2D eigenvalue weighted by Gasteiger charge is -2.05. The Labute approximate surface area is 131 Å². The molecule has 8 heteroatoms. The molecule has 0 fully saturated rings. The lowest BCUT2D eigenvalue weighted by molar-refractivity contribution is -0.389. The predicted molar refractivity (Wildman–Crippen MR) is 80.4 cm³/mol. The maximum Gasteiger partial charge on any atom is 0.364 e. The van der Waals surface area contributed by atoms with Gasteiger partial charge in [0, 0.05) is 18.6 Å². The van der Waals surface area contributed by atoms with Crippen molar-refractivity contribution >= 4 is 17.6 Å². The zero-order valence-electron chi connectivity index (χ0n) is 12.4. The summed E-state index contributed by atoms with van der Waals surface area (Å²) in [6.45, 7) is 1.52. The van der Waals surface area contributed by atoms with E-state index >= 15 is 0 Å². The third kappa shape index (κ3) is 3.88. The summed E-state index contributed by atoms with van der Waals surface area (Å²) in [5, 5.41) is 12.9. The number of nitro groups is 1. The van der Waals surface area contributed by atoms with Gasteiger partial charge in [0.15, 0.2) is 5.69 Å². The van der Waals surface area contributed by atoms with Crippen LogP contribution in [0.2, 0.25) is 0 Å². The van der Waals surface area contributed by atoms with E-state index in [-0.39, 0.29) is 11.1 Å². The molecule has 0 spiro atoms. The van der Waals surface area contributed by atoms with Gasteiger partial charge in [-0.2, -0.15) is 0 Å². The minimum atomic E-state index is -0.737. The van der Waals surface area contributed by atoms with E-state index in [1.165, 1.54) is 32.2 Å². The van der Waals surface area contributed by atoms with Crippen LogP contribution in [0.3, 0.4) is 0 Å². The molecule has 0 atom stereocenters. The van der Waals surface area contributed by atoms with Crippen LogP contribution < -0.4 is 10.1 Å². The third-order valence-electron chi connectivity index (χ3n) is 2.97. The molecule has 1 heterocycles. The van der Waals surface area contributed by atoms with E-state index in [4.69, 9.17) is 4.74 Å². The molecule has 2 amide bonds. The largest absolute Gasteiger partial charge is 0.497 e. The highest BCUT2D eigenvalue weighted by Gasteiger charge is 2.18. The molecule has 23 heavy (non-hydrogen) atoms. The minimum Gasteiger partial charge on any atom is -0.497 e. The summed E-state index contributed by atoms with van der Waals surface area (Å²) < 4.78 is 4.98. The topological polar surface area (TPSA) is 111 Å². The van der Waals surface area contributed by atoms with Gasteiger partial charge in [-0.05, 0) is 40.2 Å². The highest BCUT2D eigenvalue weighted by atomic mass is 16.6. The Morgan fingerprint density at radius 2 is 1.74 bits per heavy atom. The van der Waals surface area contributed by atoms with E-state index < -0.39 is 22.6 Å². The Bertz CT molecular complexity index is 771. The molecule has 118 valence electrons. The molecule has 2 rings (SSSR count). The number of nitrogens with one attached hydrogen (secondary N) is 1. The second-order valence-corrected chi connectivity index (χ2v) is 4.62. The van der Waals surface area contributed by atoms with Crippen LogP contribution in [0, 0.1) is 17.0 Å². The van der Waals surface area contributed by atoms with Crippen LogP contribution in [-0.4, -0.2) is 28.8 Å². The van der Waals surface area contributed by atoms with E-state index in [9.17, 15) is 19.7 Å². The van der Waals surface area contributed by atoms with Gasteiger partial charge in [0.1, 0.15) is 5.75 Å². The van der Waals surface area contributed by atoms with Crippen LogP contribution in [-0.2, 0) is 0 Å². The standard InChI is InChI=1S/C15H13N3O5/c1-9-7-11(8-13(16-9)18(21)22)15(20)17-14(19)10-3-5-12(23-2)6-4-10/h3-8H,1-2H3,(H,17,19,20). The van der Waals surface area contributed by atoms with E-state index in [1.807, 2.05) is 0 Å². The number of hydrogen-bond acceptors (Lipinski definition) is 6. The number of carbonyl (C=O) groups is 2. The maximum atomic E-state index is 12.1. The Hall–Kier alpha value is -3.29. The van der Waals surface area contributed by atoms with Crippen LogP contribution in [0.5, 0.6) is 5.75 Å². The summed E-state index contributed by atoms with van der Waals surface area (Å²) >= 11 is 0. The number of ether oxygens (including phenoxy) is 1. The van der Waals surface area contributed by atoms with Crippen LogP contribution in [0.15, 0.2) is 36.4 Å². The fourth-order valence-corrected chi connectivity index (χ4v) is 1.87. The molecular formula is C15H13N3O5. The first-order valence-corrected chi connectivity index (χ1v) is 6.53. The molecule has 1 N–H and O–H groups in total. The third-order valence-corrected chi connectivity index (χ3v) is 2.97. The van der Waals surface area contributed by atoms with Crippen molar-refractivity contribution in [1.82, 2.24) is 10.3 Å². The molecule has 0 unspecified atom stereocenters. The monoisotopic (exact) mass is 315 g/mol. The molecule has 0 radical (unpaired) electrons. The van der Waals surface area contributed by atoms with E-state index in [0.717, 1.165) is 6.07 Å². The summed E-state index contributed by atoms with van der Waals surface area (Å²) in [6, 6.07) is 8.55. The first-order chi connectivity index (χ1) is 10.9. The first kappa shape index (κ1) is 16.1. The average Bonchev–Trinajstić information content (AvgIpc) is 2.54. The quantitative estimate of drug-likeness (QED) is 0.524. The van der Waals surface area contributed by atoms with Crippen LogP contribution in [0.25, 0.3) is 0 Å². The van der Waals surface area contributed by atoms with Crippen LogP contribution in [0.1, 0.15) is 26.4 Å². The van der Waals surface area contributed by atoms with Crippen molar-refractivity contribution in [1.29, 1.82) is 0 Å². The number of benzene rings is 1. The Balaban J connectivity index is 2.17. The van der Waals surface area contributed by atoms with Crippen molar-refractivity contribution in [2.75, 3.05) is 7.11 Å². The number of amides is 2. The van der Waals surface area contributed by atoms with Gasteiger partial charge in [0.25, 0.3) is 11.8 Å². The fourth-order valence-electron chi connectivity index (χ4n) is 1.87. The highest BCUT2D eigenvalue weighted by Crippen LogP contribution is 2.14. The van der Waals surface area contributed by atoms with Gasteiger partial charge in [-0.25, -0.2) is 0 Å². The van der Waals surface area contributed by atoms with Gasteiger partial charge in [0.2, 0.25) is 0 Å². The maximum absolute atomic E-state index is 12.1. The number of imide groups is 1. The minimum absolute atomic E-state index is 0.00828. The molecule has 2 aromatic rings. The summed E-state index contributed by atoms with van der Waals surface area (Å²) in [5.74, 6) is -1.23. The molecule has 0 aliphatic carbocycles. The predicted octanol–water partition coefficient (Wildman–Crippen LogP) is 1.88. The van der Waals surface area contributed by atoms with Crippen molar-refractivity contribution in [3.05, 3.63) is 63.3 Å². The van der Waals surface area contributed by atoms with E-state index in [2.05, 4.69) is 10.3 Å². The fraction of sp³-hybridized carbons (Fsp3) is 0.133. The van der Waals surface area contributed by atoms with Crippen molar-refractivity contribution < 1.29 is 19.2 Å². The van der Waals surface area contributed by atoms with Crippen LogP contribution >= 0.6 is 0 Å². The average molecular weight is 315 g/mol. The molecule has 0 bridgehead atoms. The molecule has 0 saturated heterocycles. The number of methoxy groups -OCH3 is 1. The zero-order valence-corrected chi connectivity index (χ0v) is 12.4. The molecule has 0 aliphatic rings. The second kappa shape index (κ2) is 6.65. The van der Waals surface area contributed by atoms with Crippen molar-refractivity contribution in [2.24, 2.45) is 0 Å². The number of pyridine rings is 1. The summed E-state index contributed by atoms with van der Waals surface area (Å²) in [7, 11) is 1.50. The number of aryl methyl sites for hydroxylation is 1. The lowest BCUT2D eigenvalue weighted by atomic mass is 10.1. The Morgan fingerprint density at radius 1 is 1.13 bits per heavy atom. The molecule has 1 aromatic carbocycles. The summed E-state index contributed by atoms with van der Waals surface area (Å²) in [4.78, 5) is 37.8. The normalized spacial score (nSPS) is 10.0. The summed E-state index contributed by atoms with van der Waals surface area (Å²) in [5.41, 5.74) is 0.562. The number of hydrogen-bond donors (Lipinski definition) is 1. The first-order valence-electron chi connectivity index (χ1n) is 6.53. The van der Waals surface area contributed by atoms with Gasteiger partial charge in [-0.1, -0.05) is 0 Å². The molecule has 8 nitrogen and oxygen atoms in total. The number of aromatic nitrogens is 1. The van der Waals surface area contributed by atoms with Crippen molar-refractivity contribution in [3.8, 4) is 5.75 Å². The van der Waals surface area contributed by atoms with Crippen LogP contribution in [0.4, 0.5) is 5.82 Å². The van der Waals surface area contributed by atoms with Crippen molar-refractivity contribution in [2.45, 2.75) is 6.92 Å². The smallest absolute Gasteiger partial charge is 0.364 e. The van der Waals surface area contributed by atoms with Gasteiger partial charge < -0.3 is 14.9 Å². The van der Waals surface area contributed by atoms with E-state index in [1.54, 1.807) is 12.1 Å². The number of rotatable bonds is 4. The molecule has 0 saturated carbocycles. The van der Waals surface area contributed by atoms with Gasteiger partial charge in [-0.15, -0.1) is 0 Å². The Morgan fingerprint density at radius 3 is 2.30 bits per heavy atom. The molecule has 1 aromatic heterocycles. The van der Waals surface area contributed by atoms with Gasteiger partial charge >= 0.3 is 5.82 Å². The molecule has 0 aliphatic heterocycles. The lowest BCUT2D eigenvalue weighted by Crippen LogP contribution is -2.30.